The number of hydrogen-bond acceptors (Lipinski definition) is 3. The van der Waals surface area contributed by atoms with Gasteiger partial charge in [-0.25, -0.2) is 0 Å². The Hall–Kier alpha value is -1.62. The van der Waals surface area contributed by atoms with Crippen molar-refractivity contribution in [1.29, 1.82) is 0 Å². The van der Waals surface area contributed by atoms with Crippen LogP contribution in [-0.4, -0.2) is 23.5 Å². The fraction of sp³-hybridized carbons (Fsp3) is 0.538. The molecule has 0 aliphatic carbocycles. The Kier molecular flexibility index (Phi) is 4.29. The monoisotopic (exact) mass is 251 g/mol. The van der Waals surface area contributed by atoms with Crippen LogP contribution in [-0.2, 0) is 0 Å². The lowest BCUT2D eigenvalue weighted by Crippen LogP contribution is -2.49. The summed E-state index contributed by atoms with van der Waals surface area (Å²) in [5.74, 6) is -0.387. The molecule has 1 amide bonds. The molecule has 0 fully saturated rings. The average Bonchev–Trinajstić information content (AvgIpc) is 2.23. The van der Waals surface area contributed by atoms with Gasteiger partial charge in [0.05, 0.1) is 0 Å². The number of aromatic amines is 1. The van der Waals surface area contributed by atoms with Crippen molar-refractivity contribution in [1.82, 2.24) is 10.3 Å². The molecule has 1 rings (SSSR count). The number of hydrogen-bond donors (Lipinski definition) is 3. The highest BCUT2D eigenvalue weighted by atomic mass is 16.2. The maximum absolute atomic E-state index is 12.0. The number of pyridine rings is 1. The molecule has 18 heavy (non-hydrogen) atoms. The first kappa shape index (κ1) is 14.4. The molecule has 0 aromatic carbocycles. The van der Waals surface area contributed by atoms with Crippen LogP contribution in [0.4, 0.5) is 0 Å². The number of nitrogens with two attached hydrogens (primary N) is 1. The van der Waals surface area contributed by atoms with E-state index >= 15 is 0 Å². The zero-order valence-electron chi connectivity index (χ0n) is 11.3. The minimum Gasteiger partial charge on any atom is -0.364 e. The largest absolute Gasteiger partial charge is 0.364 e. The second-order valence-electron chi connectivity index (χ2n) is 5.52. The van der Waals surface area contributed by atoms with Crippen molar-refractivity contribution in [3.05, 3.63) is 33.7 Å². The quantitative estimate of drug-likeness (QED) is 0.742. The molecule has 5 heteroatoms. The van der Waals surface area contributed by atoms with Gasteiger partial charge >= 0.3 is 0 Å². The van der Waals surface area contributed by atoms with Crippen LogP contribution < -0.4 is 16.5 Å². The lowest BCUT2D eigenvalue weighted by Gasteiger charge is -2.30. The van der Waals surface area contributed by atoms with Crippen molar-refractivity contribution in [3.8, 4) is 0 Å². The van der Waals surface area contributed by atoms with E-state index in [9.17, 15) is 9.59 Å². The number of carbonyl (C=O) groups is 1. The Labute approximate surface area is 107 Å². The zero-order valence-corrected chi connectivity index (χ0v) is 11.3. The first-order valence-corrected chi connectivity index (χ1v) is 5.96. The molecule has 100 valence electrons. The van der Waals surface area contributed by atoms with E-state index in [1.165, 1.54) is 12.3 Å². The molecule has 0 bridgehead atoms. The topological polar surface area (TPSA) is 88.0 Å². The standard InChI is InChI=1S/C13H21N3O2/c1-8-5-10(17)9(7-15-8)12(18)16-11(6-14)13(2,3)4/h5,7,11H,6,14H2,1-4H3,(H,15,17)(H,16,18). The van der Waals surface area contributed by atoms with Gasteiger partial charge in [0.25, 0.3) is 5.91 Å². The van der Waals surface area contributed by atoms with Gasteiger partial charge in [0.1, 0.15) is 5.56 Å². The van der Waals surface area contributed by atoms with E-state index in [0.29, 0.717) is 6.54 Å². The van der Waals surface area contributed by atoms with Crippen LogP contribution >= 0.6 is 0 Å². The van der Waals surface area contributed by atoms with Crippen LogP contribution in [0.1, 0.15) is 36.8 Å². The van der Waals surface area contributed by atoms with Gasteiger partial charge in [-0.2, -0.15) is 0 Å². The highest BCUT2D eigenvalue weighted by Gasteiger charge is 2.25. The first-order valence-electron chi connectivity index (χ1n) is 5.96. The molecule has 0 spiro atoms. The summed E-state index contributed by atoms with van der Waals surface area (Å²) in [6.45, 7) is 8.07. The van der Waals surface area contributed by atoms with Gasteiger partial charge in [-0.05, 0) is 12.3 Å². The minimum atomic E-state index is -0.387. The number of aryl methyl sites for hydroxylation is 1. The third kappa shape index (κ3) is 3.43. The summed E-state index contributed by atoms with van der Waals surface area (Å²) in [6, 6.07) is 1.23. The van der Waals surface area contributed by atoms with Crippen molar-refractivity contribution >= 4 is 5.91 Å². The van der Waals surface area contributed by atoms with Gasteiger partial charge in [0, 0.05) is 30.5 Å². The van der Waals surface area contributed by atoms with Crippen molar-refractivity contribution < 1.29 is 4.79 Å². The predicted molar refractivity (Wildman–Crippen MR) is 71.6 cm³/mol. The molecule has 0 saturated carbocycles. The number of rotatable bonds is 3. The van der Waals surface area contributed by atoms with Crippen molar-refractivity contribution in [2.45, 2.75) is 33.7 Å². The summed E-state index contributed by atoms with van der Waals surface area (Å²) in [6.07, 6.45) is 1.43. The van der Waals surface area contributed by atoms with Crippen molar-refractivity contribution in [2.24, 2.45) is 11.1 Å². The van der Waals surface area contributed by atoms with E-state index in [2.05, 4.69) is 10.3 Å². The number of H-pyrrole nitrogens is 1. The normalized spacial score (nSPS) is 13.2. The summed E-state index contributed by atoms with van der Waals surface area (Å²) in [5.41, 5.74) is 6.05. The molecule has 4 N–H and O–H groups in total. The van der Waals surface area contributed by atoms with Crippen molar-refractivity contribution in [3.63, 3.8) is 0 Å². The highest BCUT2D eigenvalue weighted by Crippen LogP contribution is 2.18. The molecule has 0 aliphatic rings. The van der Waals surface area contributed by atoms with E-state index in [-0.39, 0.29) is 28.4 Å². The van der Waals surface area contributed by atoms with Gasteiger partial charge in [-0.3, -0.25) is 9.59 Å². The second-order valence-corrected chi connectivity index (χ2v) is 5.52. The van der Waals surface area contributed by atoms with Gasteiger partial charge in [0.15, 0.2) is 5.43 Å². The first-order chi connectivity index (χ1) is 8.25. The Morgan fingerprint density at radius 1 is 1.50 bits per heavy atom. The minimum absolute atomic E-state index is 0.114. The predicted octanol–water partition coefficient (Wildman–Crippen LogP) is 0.787. The van der Waals surface area contributed by atoms with E-state index < -0.39 is 0 Å². The molecule has 0 saturated heterocycles. The number of amides is 1. The van der Waals surface area contributed by atoms with Crippen LogP contribution in [0.3, 0.4) is 0 Å². The van der Waals surface area contributed by atoms with E-state index in [1.54, 1.807) is 6.92 Å². The van der Waals surface area contributed by atoms with Gasteiger partial charge in [-0.1, -0.05) is 20.8 Å². The van der Waals surface area contributed by atoms with E-state index in [0.717, 1.165) is 5.69 Å². The summed E-state index contributed by atoms with van der Waals surface area (Å²) < 4.78 is 0. The summed E-state index contributed by atoms with van der Waals surface area (Å²) in [7, 11) is 0. The fourth-order valence-corrected chi connectivity index (χ4v) is 1.62. The van der Waals surface area contributed by atoms with Crippen LogP contribution in [0.25, 0.3) is 0 Å². The second kappa shape index (κ2) is 5.35. The maximum atomic E-state index is 12.0. The molecular formula is C13H21N3O2. The molecule has 0 aliphatic heterocycles. The number of nitrogens with one attached hydrogen (secondary N) is 2. The molecule has 1 aromatic rings. The molecule has 1 unspecified atom stereocenters. The average molecular weight is 251 g/mol. The van der Waals surface area contributed by atoms with E-state index in [1.807, 2.05) is 20.8 Å². The zero-order chi connectivity index (χ0) is 13.9. The van der Waals surface area contributed by atoms with E-state index in [4.69, 9.17) is 5.73 Å². The van der Waals surface area contributed by atoms with Crippen molar-refractivity contribution in [2.75, 3.05) is 6.54 Å². The lowest BCUT2D eigenvalue weighted by molar-refractivity contribution is 0.0904. The number of carbonyl (C=O) groups excluding carboxylic acids is 1. The van der Waals surface area contributed by atoms with Gasteiger partial charge in [-0.15, -0.1) is 0 Å². The Bertz CT molecular complexity index is 486. The smallest absolute Gasteiger partial charge is 0.257 e. The molecule has 5 nitrogen and oxygen atoms in total. The molecule has 1 atom stereocenters. The molecular weight excluding hydrogens is 230 g/mol. The third-order valence-corrected chi connectivity index (χ3v) is 2.89. The SMILES string of the molecule is Cc1cc(=O)c(C(=O)NC(CN)C(C)(C)C)c[nH]1. The lowest BCUT2D eigenvalue weighted by atomic mass is 9.86. The Balaban J connectivity index is 2.92. The van der Waals surface area contributed by atoms with Gasteiger partial charge < -0.3 is 16.0 Å². The molecule has 0 radical (unpaired) electrons. The van der Waals surface area contributed by atoms with Crippen LogP contribution in [0, 0.1) is 12.3 Å². The molecule has 1 heterocycles. The summed E-state index contributed by atoms with van der Waals surface area (Å²) >= 11 is 0. The highest BCUT2D eigenvalue weighted by molar-refractivity contribution is 5.94. The summed E-state index contributed by atoms with van der Waals surface area (Å²) in [4.78, 5) is 26.6. The molecule has 1 aromatic heterocycles. The van der Waals surface area contributed by atoms with Crippen LogP contribution in [0.2, 0.25) is 0 Å². The Morgan fingerprint density at radius 2 is 2.11 bits per heavy atom. The maximum Gasteiger partial charge on any atom is 0.257 e. The summed E-state index contributed by atoms with van der Waals surface area (Å²) in [5, 5.41) is 2.80. The Morgan fingerprint density at radius 3 is 2.56 bits per heavy atom. The number of aromatic nitrogens is 1. The van der Waals surface area contributed by atoms with Crippen LogP contribution in [0.15, 0.2) is 17.1 Å². The fourth-order valence-electron chi connectivity index (χ4n) is 1.62. The van der Waals surface area contributed by atoms with Gasteiger partial charge in [0.2, 0.25) is 0 Å². The van der Waals surface area contributed by atoms with Crippen LogP contribution in [0.5, 0.6) is 0 Å². The third-order valence-electron chi connectivity index (χ3n) is 2.89.